The van der Waals surface area contributed by atoms with E-state index in [2.05, 4.69) is 4.98 Å². The summed E-state index contributed by atoms with van der Waals surface area (Å²) < 4.78 is 1.46. The van der Waals surface area contributed by atoms with E-state index in [-0.39, 0.29) is 11.2 Å². The number of pyridine rings is 2. The van der Waals surface area contributed by atoms with Crippen LogP contribution < -0.4 is 10.5 Å². The fraction of sp³-hybridized carbons (Fsp3) is 0.286. The number of halogens is 1. The third-order valence-corrected chi connectivity index (χ3v) is 3.83. The lowest BCUT2D eigenvalue weighted by Crippen LogP contribution is -2.37. The number of fused-ring (bicyclic) bond motifs is 1. The van der Waals surface area contributed by atoms with Crippen LogP contribution in [0.5, 0.6) is 0 Å². The van der Waals surface area contributed by atoms with Gasteiger partial charge in [0.15, 0.2) is 5.82 Å². The molecule has 3 rings (SSSR count). The predicted octanol–water partition coefficient (Wildman–Crippen LogP) is 2.22. The molecule has 0 aromatic carbocycles. The number of nitro groups is 1. The van der Waals surface area contributed by atoms with Crippen molar-refractivity contribution in [1.29, 1.82) is 0 Å². The maximum absolute atomic E-state index is 12.0. The average Bonchev–Trinajstić information content (AvgIpc) is 2.50. The number of hydrogen-bond acceptors (Lipinski definition) is 5. The molecule has 0 amide bonds. The SMILES string of the molecule is O=c1ccc([N+](=O)[O-])c2n1CCCN2Cc1ccc(Cl)nc1. The number of hydrogen-bond donors (Lipinski definition) is 0. The Morgan fingerprint density at radius 2 is 2.09 bits per heavy atom. The highest BCUT2D eigenvalue weighted by atomic mass is 35.5. The second kappa shape index (κ2) is 5.76. The second-order valence-electron chi connectivity index (χ2n) is 5.05. The normalized spacial score (nSPS) is 13.8. The van der Waals surface area contributed by atoms with Crippen LogP contribution in [0, 0.1) is 10.1 Å². The van der Waals surface area contributed by atoms with Crippen molar-refractivity contribution in [3.05, 3.63) is 61.6 Å². The molecule has 0 spiro atoms. The summed E-state index contributed by atoms with van der Waals surface area (Å²) in [6.45, 7) is 1.58. The zero-order valence-corrected chi connectivity index (χ0v) is 12.4. The molecular formula is C14H13ClN4O3. The van der Waals surface area contributed by atoms with Crippen molar-refractivity contribution in [1.82, 2.24) is 9.55 Å². The third-order valence-electron chi connectivity index (χ3n) is 3.60. The molecule has 2 aromatic rings. The van der Waals surface area contributed by atoms with E-state index < -0.39 is 4.92 Å². The molecule has 0 aliphatic carbocycles. The fourth-order valence-corrected chi connectivity index (χ4v) is 2.76. The molecule has 22 heavy (non-hydrogen) atoms. The van der Waals surface area contributed by atoms with Crippen LogP contribution in [0.1, 0.15) is 12.0 Å². The largest absolute Gasteiger partial charge is 0.348 e. The van der Waals surface area contributed by atoms with Gasteiger partial charge in [0.25, 0.3) is 5.56 Å². The van der Waals surface area contributed by atoms with Gasteiger partial charge in [-0.25, -0.2) is 4.98 Å². The first-order valence-corrected chi connectivity index (χ1v) is 7.17. The topological polar surface area (TPSA) is 81.3 Å². The molecular weight excluding hydrogens is 308 g/mol. The van der Waals surface area contributed by atoms with Crippen molar-refractivity contribution in [2.24, 2.45) is 0 Å². The van der Waals surface area contributed by atoms with E-state index in [9.17, 15) is 14.9 Å². The molecule has 0 atom stereocenters. The monoisotopic (exact) mass is 320 g/mol. The Bertz CT molecular complexity index is 773. The van der Waals surface area contributed by atoms with Crippen LogP contribution in [-0.4, -0.2) is 21.0 Å². The third kappa shape index (κ3) is 2.67. The van der Waals surface area contributed by atoms with Crippen molar-refractivity contribution in [3.8, 4) is 0 Å². The summed E-state index contributed by atoms with van der Waals surface area (Å²) in [4.78, 5) is 28.6. The molecule has 1 aliphatic heterocycles. The molecule has 0 saturated carbocycles. The minimum atomic E-state index is -0.455. The smallest absolute Gasteiger partial charge is 0.310 e. The molecule has 7 nitrogen and oxygen atoms in total. The molecule has 2 aromatic heterocycles. The van der Waals surface area contributed by atoms with Gasteiger partial charge in [0, 0.05) is 38.0 Å². The molecule has 0 N–H and O–H groups in total. The quantitative estimate of drug-likeness (QED) is 0.492. The first kappa shape index (κ1) is 14.5. The van der Waals surface area contributed by atoms with Crippen LogP contribution in [0.15, 0.2) is 35.3 Å². The fourth-order valence-electron chi connectivity index (χ4n) is 2.65. The standard InChI is InChI=1S/C14H13ClN4O3/c15-12-4-2-10(8-16-12)9-17-6-1-7-18-13(20)5-3-11(14(17)18)19(21)22/h2-5,8H,1,6-7,9H2. The molecule has 3 heterocycles. The van der Waals surface area contributed by atoms with E-state index in [4.69, 9.17) is 11.6 Å². The predicted molar refractivity (Wildman–Crippen MR) is 82.3 cm³/mol. The van der Waals surface area contributed by atoms with E-state index in [1.807, 2.05) is 11.0 Å². The zero-order chi connectivity index (χ0) is 15.7. The van der Waals surface area contributed by atoms with Gasteiger partial charge in [-0.15, -0.1) is 0 Å². The highest BCUT2D eigenvalue weighted by molar-refractivity contribution is 6.29. The van der Waals surface area contributed by atoms with Crippen molar-refractivity contribution in [2.45, 2.75) is 19.5 Å². The summed E-state index contributed by atoms with van der Waals surface area (Å²) in [6, 6.07) is 6.01. The Hall–Kier alpha value is -2.41. The number of rotatable bonds is 3. The van der Waals surface area contributed by atoms with Gasteiger partial charge in [-0.3, -0.25) is 19.5 Å². The van der Waals surface area contributed by atoms with Crippen molar-refractivity contribution >= 4 is 23.1 Å². The minimum absolute atomic E-state index is 0.0544. The summed E-state index contributed by atoms with van der Waals surface area (Å²) in [6.07, 6.45) is 2.39. The highest BCUT2D eigenvalue weighted by Gasteiger charge is 2.27. The van der Waals surface area contributed by atoms with Crippen molar-refractivity contribution < 1.29 is 4.92 Å². The first-order chi connectivity index (χ1) is 10.6. The van der Waals surface area contributed by atoms with E-state index in [0.29, 0.717) is 30.6 Å². The lowest BCUT2D eigenvalue weighted by molar-refractivity contribution is -0.384. The first-order valence-electron chi connectivity index (χ1n) is 6.80. The molecule has 0 bridgehead atoms. The Kier molecular flexibility index (Phi) is 3.81. The van der Waals surface area contributed by atoms with Crippen LogP contribution in [-0.2, 0) is 13.1 Å². The Morgan fingerprint density at radius 3 is 2.77 bits per heavy atom. The average molecular weight is 321 g/mol. The van der Waals surface area contributed by atoms with Crippen LogP contribution in [0.25, 0.3) is 0 Å². The van der Waals surface area contributed by atoms with Crippen molar-refractivity contribution in [2.75, 3.05) is 11.4 Å². The lowest BCUT2D eigenvalue weighted by atomic mass is 10.2. The minimum Gasteiger partial charge on any atom is -0.348 e. The molecule has 0 radical (unpaired) electrons. The summed E-state index contributed by atoms with van der Waals surface area (Å²) >= 11 is 5.76. The summed E-state index contributed by atoms with van der Waals surface area (Å²) in [5, 5.41) is 11.7. The van der Waals surface area contributed by atoms with Crippen LogP contribution in [0.2, 0.25) is 5.15 Å². The van der Waals surface area contributed by atoms with E-state index in [1.54, 1.807) is 12.3 Å². The van der Waals surface area contributed by atoms with Crippen LogP contribution >= 0.6 is 11.6 Å². The highest BCUT2D eigenvalue weighted by Crippen LogP contribution is 2.30. The molecule has 1 aliphatic rings. The van der Waals surface area contributed by atoms with Gasteiger partial charge in [-0.05, 0) is 18.1 Å². The van der Waals surface area contributed by atoms with Crippen LogP contribution in [0.3, 0.4) is 0 Å². The molecule has 0 saturated heterocycles. The lowest BCUT2D eigenvalue weighted by Gasteiger charge is -2.31. The second-order valence-corrected chi connectivity index (χ2v) is 5.44. The van der Waals surface area contributed by atoms with E-state index in [0.717, 1.165) is 12.0 Å². The molecule has 0 fully saturated rings. The maximum Gasteiger partial charge on any atom is 0.310 e. The zero-order valence-electron chi connectivity index (χ0n) is 11.6. The van der Waals surface area contributed by atoms with E-state index in [1.165, 1.54) is 16.7 Å². The Morgan fingerprint density at radius 1 is 1.27 bits per heavy atom. The van der Waals surface area contributed by atoms with Gasteiger partial charge in [-0.1, -0.05) is 17.7 Å². The van der Waals surface area contributed by atoms with Crippen molar-refractivity contribution in [3.63, 3.8) is 0 Å². The Balaban J connectivity index is 2.03. The molecule has 0 unspecified atom stereocenters. The molecule has 8 heteroatoms. The van der Waals surface area contributed by atoms with Gasteiger partial charge < -0.3 is 4.90 Å². The molecule has 114 valence electrons. The van der Waals surface area contributed by atoms with Gasteiger partial charge in [-0.2, -0.15) is 0 Å². The van der Waals surface area contributed by atoms with Gasteiger partial charge in [0.2, 0.25) is 0 Å². The summed E-state index contributed by atoms with van der Waals surface area (Å²) in [7, 11) is 0. The number of aromatic nitrogens is 2. The van der Waals surface area contributed by atoms with Crippen LogP contribution in [0.4, 0.5) is 11.5 Å². The summed E-state index contributed by atoms with van der Waals surface area (Å²) in [5.41, 5.74) is 0.601. The van der Waals surface area contributed by atoms with Gasteiger partial charge in [0.05, 0.1) is 4.92 Å². The summed E-state index contributed by atoms with van der Waals surface area (Å²) in [5.74, 6) is 0.360. The van der Waals surface area contributed by atoms with E-state index >= 15 is 0 Å². The maximum atomic E-state index is 12.0. The number of nitrogens with zero attached hydrogens (tertiary/aromatic N) is 4. The van der Waals surface area contributed by atoms with Gasteiger partial charge >= 0.3 is 5.69 Å². The van der Waals surface area contributed by atoms with Gasteiger partial charge in [0.1, 0.15) is 5.15 Å². The Labute approximate surface area is 130 Å². The number of anilines is 1.